The van der Waals surface area contributed by atoms with Crippen LogP contribution in [-0.4, -0.2) is 20.8 Å². The third kappa shape index (κ3) is 2.56. The van der Waals surface area contributed by atoms with Gasteiger partial charge in [0.2, 0.25) is 0 Å². The van der Waals surface area contributed by atoms with E-state index >= 15 is 0 Å². The summed E-state index contributed by atoms with van der Waals surface area (Å²) in [7, 11) is 0. The first-order chi connectivity index (χ1) is 7.65. The molecule has 0 radical (unpaired) electrons. The molecule has 0 saturated heterocycles. The fourth-order valence-electron chi connectivity index (χ4n) is 1.06. The van der Waals surface area contributed by atoms with E-state index in [4.69, 9.17) is 11.1 Å². The first-order valence-corrected chi connectivity index (χ1v) is 6.12. The molecular formula is C9H9N5S2. The molecule has 2 heterocycles. The molecule has 2 rings (SSSR count). The first kappa shape index (κ1) is 11.0. The SMILES string of the molecule is Cc1cc(C(=N)N)nc(Sc2nccs2)n1. The lowest BCUT2D eigenvalue weighted by atomic mass is 10.3. The van der Waals surface area contributed by atoms with E-state index in [-0.39, 0.29) is 5.84 Å². The zero-order valence-electron chi connectivity index (χ0n) is 8.47. The van der Waals surface area contributed by atoms with Crippen LogP contribution in [0.5, 0.6) is 0 Å². The first-order valence-electron chi connectivity index (χ1n) is 4.42. The highest BCUT2D eigenvalue weighted by Gasteiger charge is 2.07. The molecule has 0 saturated carbocycles. The van der Waals surface area contributed by atoms with Crippen molar-refractivity contribution >= 4 is 28.9 Å². The Morgan fingerprint density at radius 1 is 1.50 bits per heavy atom. The van der Waals surface area contributed by atoms with Gasteiger partial charge < -0.3 is 5.73 Å². The lowest BCUT2D eigenvalue weighted by Gasteiger charge is -2.02. The summed E-state index contributed by atoms with van der Waals surface area (Å²) >= 11 is 2.90. The highest BCUT2D eigenvalue weighted by molar-refractivity contribution is 8.00. The third-order valence-corrected chi connectivity index (χ3v) is 3.45. The monoisotopic (exact) mass is 251 g/mol. The maximum Gasteiger partial charge on any atom is 0.195 e. The van der Waals surface area contributed by atoms with E-state index in [1.807, 2.05) is 12.3 Å². The van der Waals surface area contributed by atoms with Gasteiger partial charge in [0, 0.05) is 17.3 Å². The molecule has 2 aromatic heterocycles. The number of hydrogen-bond donors (Lipinski definition) is 2. The van der Waals surface area contributed by atoms with Crippen molar-refractivity contribution in [3.8, 4) is 0 Å². The van der Waals surface area contributed by atoms with Gasteiger partial charge in [-0.3, -0.25) is 5.41 Å². The summed E-state index contributed by atoms with van der Waals surface area (Å²) in [4.78, 5) is 12.6. The molecule has 82 valence electrons. The van der Waals surface area contributed by atoms with Crippen molar-refractivity contribution in [3.05, 3.63) is 29.0 Å². The molecular weight excluding hydrogens is 242 g/mol. The molecule has 0 aliphatic rings. The predicted molar refractivity (Wildman–Crippen MR) is 64.0 cm³/mol. The molecule has 0 unspecified atom stereocenters. The van der Waals surface area contributed by atoms with E-state index in [1.165, 1.54) is 23.1 Å². The van der Waals surface area contributed by atoms with Crippen molar-refractivity contribution in [3.63, 3.8) is 0 Å². The molecule has 0 atom stereocenters. The molecule has 0 spiro atoms. The summed E-state index contributed by atoms with van der Waals surface area (Å²) in [6.45, 7) is 1.85. The van der Waals surface area contributed by atoms with Crippen LogP contribution in [0.2, 0.25) is 0 Å². The predicted octanol–water partition coefficient (Wildman–Crippen LogP) is 1.68. The van der Waals surface area contributed by atoms with Gasteiger partial charge in [-0.1, -0.05) is 0 Å². The van der Waals surface area contributed by atoms with Crippen molar-refractivity contribution in [2.75, 3.05) is 0 Å². The van der Waals surface area contributed by atoms with Gasteiger partial charge in [0.05, 0.1) is 0 Å². The van der Waals surface area contributed by atoms with Crippen molar-refractivity contribution in [1.29, 1.82) is 5.41 Å². The second-order valence-electron chi connectivity index (χ2n) is 2.99. The zero-order chi connectivity index (χ0) is 11.5. The number of nitrogens with zero attached hydrogens (tertiary/aromatic N) is 3. The topological polar surface area (TPSA) is 88.5 Å². The molecule has 0 aromatic carbocycles. The average Bonchev–Trinajstić information content (AvgIpc) is 2.69. The van der Waals surface area contributed by atoms with Crippen LogP contribution in [-0.2, 0) is 0 Å². The van der Waals surface area contributed by atoms with Crippen molar-refractivity contribution in [2.24, 2.45) is 5.73 Å². The normalized spacial score (nSPS) is 10.3. The van der Waals surface area contributed by atoms with Crippen molar-refractivity contribution in [1.82, 2.24) is 15.0 Å². The van der Waals surface area contributed by atoms with Crippen LogP contribution in [0, 0.1) is 12.3 Å². The Kier molecular flexibility index (Phi) is 3.16. The fraction of sp³-hybridized carbons (Fsp3) is 0.111. The number of aryl methyl sites for hydroxylation is 1. The Morgan fingerprint density at radius 2 is 2.31 bits per heavy atom. The second kappa shape index (κ2) is 4.58. The van der Waals surface area contributed by atoms with Crippen molar-refractivity contribution < 1.29 is 0 Å². The van der Waals surface area contributed by atoms with Crippen LogP contribution in [0.3, 0.4) is 0 Å². The maximum atomic E-state index is 7.34. The summed E-state index contributed by atoms with van der Waals surface area (Å²) in [6, 6.07) is 1.69. The summed E-state index contributed by atoms with van der Waals surface area (Å²) in [5.41, 5.74) is 6.64. The molecule has 16 heavy (non-hydrogen) atoms. The van der Waals surface area contributed by atoms with Gasteiger partial charge in [-0.2, -0.15) is 0 Å². The quantitative estimate of drug-likeness (QED) is 0.492. The molecule has 0 aliphatic heterocycles. The van der Waals surface area contributed by atoms with Gasteiger partial charge in [0.15, 0.2) is 9.50 Å². The molecule has 0 amide bonds. The van der Waals surface area contributed by atoms with E-state index in [1.54, 1.807) is 12.3 Å². The van der Waals surface area contributed by atoms with Gasteiger partial charge in [0.25, 0.3) is 0 Å². The van der Waals surface area contributed by atoms with E-state index in [0.717, 1.165) is 10.0 Å². The number of nitrogen functional groups attached to an aromatic ring is 1. The summed E-state index contributed by atoms with van der Waals surface area (Å²) in [5, 5.41) is 9.81. The molecule has 2 aromatic rings. The number of hydrogen-bond acceptors (Lipinski definition) is 6. The van der Waals surface area contributed by atoms with Gasteiger partial charge >= 0.3 is 0 Å². The number of thiazole rings is 1. The highest BCUT2D eigenvalue weighted by atomic mass is 32.2. The number of rotatable bonds is 3. The minimum Gasteiger partial charge on any atom is -0.382 e. The second-order valence-corrected chi connectivity index (χ2v) is 5.10. The van der Waals surface area contributed by atoms with Crippen LogP contribution in [0.4, 0.5) is 0 Å². The molecule has 0 bridgehead atoms. The van der Waals surface area contributed by atoms with Crippen LogP contribution >= 0.6 is 23.1 Å². The van der Waals surface area contributed by atoms with Gasteiger partial charge in [-0.05, 0) is 24.8 Å². The molecule has 0 aliphatic carbocycles. The standard InChI is InChI=1S/C9H9N5S2/c1-5-4-6(7(10)11)14-8(13-5)16-9-12-2-3-15-9/h2-4H,1H3,(H3,10,11). The third-order valence-electron chi connectivity index (χ3n) is 1.70. The Bertz CT molecular complexity index is 509. The summed E-state index contributed by atoms with van der Waals surface area (Å²) in [5.74, 6) is -0.0495. The van der Waals surface area contributed by atoms with Gasteiger partial charge in [-0.25, -0.2) is 15.0 Å². The van der Waals surface area contributed by atoms with E-state index in [9.17, 15) is 0 Å². The number of amidine groups is 1. The summed E-state index contributed by atoms with van der Waals surface area (Å²) in [6.07, 6.45) is 1.73. The largest absolute Gasteiger partial charge is 0.382 e. The van der Waals surface area contributed by atoms with Gasteiger partial charge in [0.1, 0.15) is 11.5 Å². The van der Waals surface area contributed by atoms with E-state index < -0.39 is 0 Å². The molecule has 7 heteroatoms. The Balaban J connectivity index is 2.31. The van der Waals surface area contributed by atoms with E-state index in [2.05, 4.69) is 15.0 Å². The molecule has 3 N–H and O–H groups in total. The number of aromatic nitrogens is 3. The Hall–Kier alpha value is -1.47. The lowest BCUT2D eigenvalue weighted by Crippen LogP contribution is -2.14. The lowest BCUT2D eigenvalue weighted by molar-refractivity contribution is 0.920. The van der Waals surface area contributed by atoms with E-state index in [0.29, 0.717) is 10.9 Å². The number of nitrogens with one attached hydrogen (secondary N) is 1. The minimum absolute atomic E-state index is 0.0495. The van der Waals surface area contributed by atoms with Crippen molar-refractivity contribution in [2.45, 2.75) is 16.4 Å². The molecule has 0 fully saturated rings. The van der Waals surface area contributed by atoms with Crippen LogP contribution < -0.4 is 5.73 Å². The Labute approximate surface area is 101 Å². The maximum absolute atomic E-state index is 7.34. The molecule has 5 nitrogen and oxygen atoms in total. The van der Waals surface area contributed by atoms with Crippen LogP contribution in [0.25, 0.3) is 0 Å². The minimum atomic E-state index is -0.0495. The summed E-state index contributed by atoms with van der Waals surface area (Å²) < 4.78 is 0.875. The zero-order valence-corrected chi connectivity index (χ0v) is 10.1. The van der Waals surface area contributed by atoms with Crippen LogP contribution in [0.1, 0.15) is 11.4 Å². The highest BCUT2D eigenvalue weighted by Crippen LogP contribution is 2.26. The Morgan fingerprint density at radius 3 is 2.94 bits per heavy atom. The number of nitrogens with two attached hydrogens (primary N) is 1. The van der Waals surface area contributed by atoms with Gasteiger partial charge in [-0.15, -0.1) is 11.3 Å². The fourth-order valence-corrected chi connectivity index (χ4v) is 2.61. The smallest absolute Gasteiger partial charge is 0.195 e. The average molecular weight is 251 g/mol. The van der Waals surface area contributed by atoms with Crippen LogP contribution in [0.15, 0.2) is 27.1 Å².